The number of aliphatic carboxylic acids is 1. The van der Waals surface area contributed by atoms with Crippen LogP contribution in [0.2, 0.25) is 0 Å². The fraction of sp³-hybridized carbons (Fsp3) is 0.900. The Morgan fingerprint density at radius 3 is 2.36 bits per heavy atom. The molecule has 4 nitrogen and oxygen atoms in total. The van der Waals surface area contributed by atoms with Gasteiger partial charge in [-0.15, -0.1) is 0 Å². The highest BCUT2D eigenvalue weighted by molar-refractivity contribution is 5.69. The van der Waals surface area contributed by atoms with Crippen molar-refractivity contribution in [2.75, 3.05) is 26.3 Å². The lowest BCUT2D eigenvalue weighted by atomic mass is 10.1. The van der Waals surface area contributed by atoms with Crippen molar-refractivity contribution in [2.45, 2.75) is 33.2 Å². The van der Waals surface area contributed by atoms with E-state index in [1.807, 2.05) is 32.6 Å². The molecule has 0 atom stereocenters. The van der Waals surface area contributed by atoms with Gasteiger partial charge in [0.25, 0.3) is 0 Å². The van der Waals surface area contributed by atoms with Gasteiger partial charge in [0.15, 0.2) is 0 Å². The number of nitrogens with zero attached hydrogens (tertiary/aromatic N) is 1. The van der Waals surface area contributed by atoms with Crippen molar-refractivity contribution in [1.82, 2.24) is 4.90 Å². The second-order valence-corrected chi connectivity index (χ2v) is 4.18. The Morgan fingerprint density at radius 2 is 2.00 bits per heavy atom. The van der Waals surface area contributed by atoms with Crippen LogP contribution in [0.1, 0.15) is 27.7 Å². The highest BCUT2D eigenvalue weighted by atomic mass is 16.5. The number of rotatable bonds is 6. The molecule has 0 bridgehead atoms. The Hall–Kier alpha value is -0.610. The van der Waals surface area contributed by atoms with E-state index in [2.05, 4.69) is 0 Å². The Morgan fingerprint density at radius 1 is 1.43 bits per heavy atom. The molecular weight excluding hydrogens is 182 g/mol. The minimum Gasteiger partial charge on any atom is -0.480 e. The molecule has 0 aromatic heterocycles. The first-order chi connectivity index (χ1) is 6.38. The van der Waals surface area contributed by atoms with E-state index in [9.17, 15) is 4.79 Å². The molecule has 0 radical (unpaired) electrons. The average molecular weight is 203 g/mol. The molecule has 0 aliphatic carbocycles. The summed E-state index contributed by atoms with van der Waals surface area (Å²) in [7, 11) is 0. The summed E-state index contributed by atoms with van der Waals surface area (Å²) >= 11 is 0. The number of carbonyl (C=O) groups is 1. The summed E-state index contributed by atoms with van der Waals surface area (Å²) in [6.07, 6.45) is 0. The molecule has 0 amide bonds. The monoisotopic (exact) mass is 203 g/mol. The zero-order valence-corrected chi connectivity index (χ0v) is 9.54. The van der Waals surface area contributed by atoms with Gasteiger partial charge in [-0.05, 0) is 27.7 Å². The van der Waals surface area contributed by atoms with Crippen LogP contribution in [-0.2, 0) is 9.53 Å². The van der Waals surface area contributed by atoms with Gasteiger partial charge in [-0.3, -0.25) is 9.69 Å². The fourth-order valence-electron chi connectivity index (χ4n) is 1.13. The first kappa shape index (κ1) is 13.4. The molecule has 0 heterocycles. The van der Waals surface area contributed by atoms with Crippen LogP contribution in [0.5, 0.6) is 0 Å². The summed E-state index contributed by atoms with van der Waals surface area (Å²) in [5, 5.41) is 8.72. The SMILES string of the molecule is CCOCCN(CC(=O)O)C(C)(C)C. The third-order valence-electron chi connectivity index (χ3n) is 1.98. The Balaban J connectivity index is 4.05. The Labute approximate surface area is 85.9 Å². The normalized spacial score (nSPS) is 12.1. The van der Waals surface area contributed by atoms with Gasteiger partial charge in [0.05, 0.1) is 13.2 Å². The predicted octanol–water partition coefficient (Wildman–Crippen LogP) is 1.21. The molecule has 0 aromatic carbocycles. The maximum absolute atomic E-state index is 10.6. The molecular formula is C10H21NO3. The average Bonchev–Trinajstić information content (AvgIpc) is 2.00. The number of ether oxygens (including phenoxy) is 1. The topological polar surface area (TPSA) is 49.8 Å². The summed E-state index contributed by atoms with van der Waals surface area (Å²) in [5.74, 6) is -0.795. The zero-order valence-electron chi connectivity index (χ0n) is 9.54. The summed E-state index contributed by atoms with van der Waals surface area (Å²) < 4.78 is 5.21. The standard InChI is InChI=1S/C10H21NO3/c1-5-14-7-6-11(8-9(12)13)10(2,3)4/h5-8H2,1-4H3,(H,12,13). The molecule has 0 aliphatic rings. The summed E-state index contributed by atoms with van der Waals surface area (Å²) in [6.45, 7) is 9.91. The van der Waals surface area contributed by atoms with E-state index >= 15 is 0 Å². The second-order valence-electron chi connectivity index (χ2n) is 4.18. The minimum atomic E-state index is -0.795. The van der Waals surface area contributed by atoms with E-state index in [1.165, 1.54) is 0 Å². The Bertz CT molecular complexity index is 175. The highest BCUT2D eigenvalue weighted by Gasteiger charge is 2.22. The largest absolute Gasteiger partial charge is 0.480 e. The molecule has 14 heavy (non-hydrogen) atoms. The van der Waals surface area contributed by atoms with Crippen LogP contribution in [0.4, 0.5) is 0 Å². The second kappa shape index (κ2) is 5.98. The van der Waals surface area contributed by atoms with Crippen LogP contribution in [0.15, 0.2) is 0 Å². The van der Waals surface area contributed by atoms with Crippen LogP contribution in [0.25, 0.3) is 0 Å². The molecule has 84 valence electrons. The van der Waals surface area contributed by atoms with Crippen LogP contribution in [0.3, 0.4) is 0 Å². The van der Waals surface area contributed by atoms with Gasteiger partial charge in [-0.25, -0.2) is 0 Å². The van der Waals surface area contributed by atoms with Gasteiger partial charge in [0.1, 0.15) is 0 Å². The van der Waals surface area contributed by atoms with Crippen LogP contribution in [-0.4, -0.2) is 47.8 Å². The van der Waals surface area contributed by atoms with Crippen molar-refractivity contribution < 1.29 is 14.6 Å². The van der Waals surface area contributed by atoms with Crippen molar-refractivity contribution >= 4 is 5.97 Å². The van der Waals surface area contributed by atoms with Gasteiger partial charge >= 0.3 is 5.97 Å². The maximum atomic E-state index is 10.6. The first-order valence-electron chi connectivity index (χ1n) is 4.92. The third-order valence-corrected chi connectivity index (χ3v) is 1.98. The molecule has 4 heteroatoms. The number of carboxylic acid groups (broad SMARTS) is 1. The molecule has 0 fully saturated rings. The van der Waals surface area contributed by atoms with E-state index in [0.29, 0.717) is 19.8 Å². The van der Waals surface area contributed by atoms with E-state index in [1.54, 1.807) is 0 Å². The van der Waals surface area contributed by atoms with Gasteiger partial charge in [-0.2, -0.15) is 0 Å². The van der Waals surface area contributed by atoms with Crippen molar-refractivity contribution in [3.8, 4) is 0 Å². The van der Waals surface area contributed by atoms with Gasteiger partial charge in [-0.1, -0.05) is 0 Å². The van der Waals surface area contributed by atoms with E-state index in [4.69, 9.17) is 9.84 Å². The molecule has 0 spiro atoms. The summed E-state index contributed by atoms with van der Waals surface area (Å²) in [4.78, 5) is 12.5. The van der Waals surface area contributed by atoms with Crippen LogP contribution >= 0.6 is 0 Å². The Kier molecular flexibility index (Phi) is 5.72. The smallest absolute Gasteiger partial charge is 0.317 e. The molecule has 0 saturated heterocycles. The highest BCUT2D eigenvalue weighted by Crippen LogP contribution is 2.11. The molecule has 0 saturated carbocycles. The minimum absolute atomic E-state index is 0.0660. The van der Waals surface area contributed by atoms with E-state index in [0.717, 1.165) is 0 Å². The van der Waals surface area contributed by atoms with Crippen molar-refractivity contribution in [3.63, 3.8) is 0 Å². The van der Waals surface area contributed by atoms with Crippen LogP contribution in [0, 0.1) is 0 Å². The maximum Gasteiger partial charge on any atom is 0.317 e. The van der Waals surface area contributed by atoms with Crippen LogP contribution < -0.4 is 0 Å². The number of carboxylic acids is 1. The van der Waals surface area contributed by atoms with Crippen molar-refractivity contribution in [2.24, 2.45) is 0 Å². The van der Waals surface area contributed by atoms with Gasteiger partial charge in [0, 0.05) is 18.7 Å². The van der Waals surface area contributed by atoms with E-state index < -0.39 is 5.97 Å². The molecule has 0 aliphatic heterocycles. The van der Waals surface area contributed by atoms with E-state index in [-0.39, 0.29) is 12.1 Å². The lowest BCUT2D eigenvalue weighted by Crippen LogP contribution is -2.46. The molecule has 0 aromatic rings. The molecule has 1 N–H and O–H groups in total. The third kappa shape index (κ3) is 5.94. The lowest BCUT2D eigenvalue weighted by molar-refractivity contribution is -0.139. The molecule has 0 rings (SSSR count). The molecule has 0 unspecified atom stereocenters. The van der Waals surface area contributed by atoms with Crippen molar-refractivity contribution in [1.29, 1.82) is 0 Å². The van der Waals surface area contributed by atoms with Gasteiger partial charge in [0.2, 0.25) is 0 Å². The lowest BCUT2D eigenvalue weighted by Gasteiger charge is -2.34. The fourth-order valence-corrected chi connectivity index (χ4v) is 1.13. The number of hydrogen-bond donors (Lipinski definition) is 1. The summed E-state index contributed by atoms with van der Waals surface area (Å²) in [6, 6.07) is 0. The van der Waals surface area contributed by atoms with Crippen molar-refractivity contribution in [3.05, 3.63) is 0 Å². The predicted molar refractivity (Wildman–Crippen MR) is 55.5 cm³/mol. The van der Waals surface area contributed by atoms with Gasteiger partial charge < -0.3 is 9.84 Å². The summed E-state index contributed by atoms with van der Waals surface area (Å²) in [5.41, 5.74) is -0.129. The first-order valence-corrected chi connectivity index (χ1v) is 4.92. The zero-order chi connectivity index (χ0) is 11.2. The number of hydrogen-bond acceptors (Lipinski definition) is 3. The quantitative estimate of drug-likeness (QED) is 0.659.